The van der Waals surface area contributed by atoms with Crippen LogP contribution in [0.3, 0.4) is 0 Å². The molecule has 2 amide bonds. The van der Waals surface area contributed by atoms with Gasteiger partial charge in [0.05, 0.1) is 11.3 Å². The first-order chi connectivity index (χ1) is 13.5. The first-order valence-corrected chi connectivity index (χ1v) is 9.68. The van der Waals surface area contributed by atoms with E-state index in [2.05, 4.69) is 0 Å². The second-order valence-corrected chi connectivity index (χ2v) is 7.50. The van der Waals surface area contributed by atoms with Crippen LogP contribution in [-0.2, 0) is 9.59 Å². The van der Waals surface area contributed by atoms with E-state index >= 15 is 0 Å². The number of benzene rings is 2. The molecule has 4 nitrogen and oxygen atoms in total. The predicted octanol–water partition coefficient (Wildman–Crippen LogP) is 4.21. The minimum Gasteiger partial charge on any atom is -0.366 e. The Morgan fingerprint density at radius 3 is 2.29 bits per heavy atom. The highest BCUT2D eigenvalue weighted by atomic mass is 19.1. The molecular formula is C23H23FN2O2. The average molecular weight is 378 g/mol. The molecule has 28 heavy (non-hydrogen) atoms. The SMILES string of the molecule is Cc1ccc(C2=C(N3CCCCC3)C(=O)N(c3cccc(F)c3)C2=O)cc1C. The van der Waals surface area contributed by atoms with Crippen LogP contribution in [0.2, 0.25) is 0 Å². The van der Waals surface area contributed by atoms with Crippen molar-refractivity contribution < 1.29 is 14.0 Å². The maximum absolute atomic E-state index is 13.8. The standard InChI is InChI=1S/C23H23FN2O2/c1-15-9-10-17(13-16(15)2)20-21(25-11-4-3-5-12-25)23(28)26(22(20)27)19-8-6-7-18(24)14-19/h6-10,13-14H,3-5,11-12H2,1-2H3. The van der Waals surface area contributed by atoms with Gasteiger partial charge in [-0.2, -0.15) is 0 Å². The lowest BCUT2D eigenvalue weighted by molar-refractivity contribution is -0.120. The number of nitrogens with zero attached hydrogens (tertiary/aromatic N) is 2. The van der Waals surface area contributed by atoms with Gasteiger partial charge in [-0.05, 0) is 68.0 Å². The van der Waals surface area contributed by atoms with Gasteiger partial charge in [-0.25, -0.2) is 9.29 Å². The second-order valence-electron chi connectivity index (χ2n) is 7.50. The van der Waals surface area contributed by atoms with Crippen molar-refractivity contribution >= 4 is 23.1 Å². The second kappa shape index (κ2) is 7.23. The Morgan fingerprint density at radius 2 is 1.61 bits per heavy atom. The molecule has 1 fully saturated rings. The van der Waals surface area contributed by atoms with E-state index in [1.54, 1.807) is 6.07 Å². The molecule has 0 N–H and O–H groups in total. The van der Waals surface area contributed by atoms with Crippen molar-refractivity contribution in [2.75, 3.05) is 18.0 Å². The number of carbonyl (C=O) groups is 2. The van der Waals surface area contributed by atoms with E-state index in [-0.39, 0.29) is 17.5 Å². The Morgan fingerprint density at radius 1 is 0.857 bits per heavy atom. The fraction of sp³-hybridized carbons (Fsp3) is 0.304. The number of likely N-dealkylation sites (tertiary alicyclic amines) is 1. The fourth-order valence-electron chi connectivity index (χ4n) is 3.94. The molecule has 5 heteroatoms. The molecular weight excluding hydrogens is 355 g/mol. The monoisotopic (exact) mass is 378 g/mol. The van der Waals surface area contributed by atoms with Crippen molar-refractivity contribution in [1.29, 1.82) is 0 Å². The van der Waals surface area contributed by atoms with E-state index in [4.69, 9.17) is 0 Å². The maximum Gasteiger partial charge on any atom is 0.282 e. The first-order valence-electron chi connectivity index (χ1n) is 9.68. The summed E-state index contributed by atoms with van der Waals surface area (Å²) in [6.45, 7) is 5.50. The summed E-state index contributed by atoms with van der Waals surface area (Å²) in [5, 5.41) is 0. The Kier molecular flexibility index (Phi) is 4.75. The Hall–Kier alpha value is -2.95. The summed E-state index contributed by atoms with van der Waals surface area (Å²) in [5.74, 6) is -1.23. The lowest BCUT2D eigenvalue weighted by Crippen LogP contribution is -2.37. The summed E-state index contributed by atoms with van der Waals surface area (Å²) in [4.78, 5) is 29.9. The summed E-state index contributed by atoms with van der Waals surface area (Å²) in [7, 11) is 0. The quantitative estimate of drug-likeness (QED) is 0.751. The molecule has 2 aromatic rings. The molecule has 0 radical (unpaired) electrons. The molecule has 0 spiro atoms. The minimum atomic E-state index is -0.475. The lowest BCUT2D eigenvalue weighted by atomic mass is 9.98. The van der Waals surface area contributed by atoms with Crippen LogP contribution >= 0.6 is 0 Å². The van der Waals surface area contributed by atoms with Crippen molar-refractivity contribution in [1.82, 2.24) is 4.90 Å². The largest absolute Gasteiger partial charge is 0.366 e. The number of hydrogen-bond donors (Lipinski definition) is 0. The van der Waals surface area contributed by atoms with Crippen LogP contribution in [-0.4, -0.2) is 29.8 Å². The van der Waals surface area contributed by atoms with E-state index in [1.807, 2.05) is 36.9 Å². The number of hydrogen-bond acceptors (Lipinski definition) is 3. The molecule has 0 bridgehead atoms. The molecule has 0 aromatic heterocycles. The summed E-state index contributed by atoms with van der Waals surface area (Å²) in [5.41, 5.74) is 4.05. The Balaban J connectivity index is 1.85. The van der Waals surface area contributed by atoms with Gasteiger partial charge in [0.1, 0.15) is 11.5 Å². The molecule has 1 saturated heterocycles. The van der Waals surface area contributed by atoms with Gasteiger partial charge in [0, 0.05) is 13.1 Å². The molecule has 144 valence electrons. The number of aryl methyl sites for hydroxylation is 2. The van der Waals surface area contributed by atoms with Gasteiger partial charge in [-0.1, -0.05) is 24.3 Å². The average Bonchev–Trinajstić information content (AvgIpc) is 2.95. The van der Waals surface area contributed by atoms with Gasteiger partial charge in [0.15, 0.2) is 0 Å². The summed E-state index contributed by atoms with van der Waals surface area (Å²) in [6, 6.07) is 11.4. The smallest absolute Gasteiger partial charge is 0.282 e. The van der Waals surface area contributed by atoms with Gasteiger partial charge in [0.25, 0.3) is 11.8 Å². The van der Waals surface area contributed by atoms with Crippen molar-refractivity contribution in [3.63, 3.8) is 0 Å². The van der Waals surface area contributed by atoms with Gasteiger partial charge < -0.3 is 4.90 Å². The number of anilines is 1. The normalized spacial score (nSPS) is 17.7. The highest BCUT2D eigenvalue weighted by Crippen LogP contribution is 2.36. The van der Waals surface area contributed by atoms with Crippen LogP contribution in [0, 0.1) is 19.7 Å². The fourth-order valence-corrected chi connectivity index (χ4v) is 3.94. The topological polar surface area (TPSA) is 40.6 Å². The van der Waals surface area contributed by atoms with E-state index in [1.165, 1.54) is 18.2 Å². The molecule has 2 aromatic carbocycles. The van der Waals surface area contributed by atoms with Gasteiger partial charge >= 0.3 is 0 Å². The first kappa shape index (κ1) is 18.4. The summed E-state index contributed by atoms with van der Waals surface area (Å²) >= 11 is 0. The van der Waals surface area contributed by atoms with Crippen LogP contribution in [0.25, 0.3) is 5.57 Å². The van der Waals surface area contributed by atoms with Crippen LogP contribution in [0.1, 0.15) is 36.0 Å². The molecule has 0 unspecified atom stereocenters. The lowest BCUT2D eigenvalue weighted by Gasteiger charge is -2.29. The third-order valence-corrected chi connectivity index (χ3v) is 5.59. The highest BCUT2D eigenvalue weighted by molar-refractivity contribution is 6.45. The third kappa shape index (κ3) is 3.11. The summed E-state index contributed by atoms with van der Waals surface area (Å²) < 4.78 is 13.8. The van der Waals surface area contributed by atoms with Crippen LogP contribution in [0.5, 0.6) is 0 Å². The zero-order valence-electron chi connectivity index (χ0n) is 16.2. The number of amides is 2. The number of halogens is 1. The minimum absolute atomic E-state index is 0.267. The molecule has 0 aliphatic carbocycles. The van der Waals surface area contributed by atoms with Crippen molar-refractivity contribution in [2.24, 2.45) is 0 Å². The molecule has 2 aliphatic rings. The van der Waals surface area contributed by atoms with E-state index < -0.39 is 5.82 Å². The molecule has 2 heterocycles. The number of imide groups is 1. The zero-order valence-corrected chi connectivity index (χ0v) is 16.2. The molecule has 0 saturated carbocycles. The Labute approximate surface area is 164 Å². The van der Waals surface area contributed by atoms with E-state index in [0.717, 1.165) is 53.9 Å². The number of rotatable bonds is 3. The molecule has 0 atom stereocenters. The Bertz CT molecular complexity index is 990. The van der Waals surface area contributed by atoms with E-state index in [0.29, 0.717) is 11.3 Å². The predicted molar refractivity (Wildman–Crippen MR) is 107 cm³/mol. The maximum atomic E-state index is 13.8. The van der Waals surface area contributed by atoms with E-state index in [9.17, 15) is 14.0 Å². The van der Waals surface area contributed by atoms with Gasteiger partial charge in [0.2, 0.25) is 0 Å². The van der Waals surface area contributed by atoms with Crippen molar-refractivity contribution in [3.05, 3.63) is 70.7 Å². The number of carbonyl (C=O) groups excluding carboxylic acids is 2. The van der Waals surface area contributed by atoms with Crippen LogP contribution in [0.4, 0.5) is 10.1 Å². The van der Waals surface area contributed by atoms with Gasteiger partial charge in [-0.15, -0.1) is 0 Å². The third-order valence-electron chi connectivity index (χ3n) is 5.59. The zero-order chi connectivity index (χ0) is 19.8. The van der Waals surface area contributed by atoms with Crippen LogP contribution in [0.15, 0.2) is 48.2 Å². The van der Waals surface area contributed by atoms with Crippen molar-refractivity contribution in [2.45, 2.75) is 33.1 Å². The molecule has 4 rings (SSSR count). The number of piperidine rings is 1. The summed E-state index contributed by atoms with van der Waals surface area (Å²) in [6.07, 6.45) is 3.11. The molecule has 2 aliphatic heterocycles. The van der Waals surface area contributed by atoms with Gasteiger partial charge in [-0.3, -0.25) is 9.59 Å². The highest BCUT2D eigenvalue weighted by Gasteiger charge is 2.42. The van der Waals surface area contributed by atoms with Crippen molar-refractivity contribution in [3.8, 4) is 0 Å². The van der Waals surface area contributed by atoms with Crippen LogP contribution < -0.4 is 4.90 Å².